The van der Waals surface area contributed by atoms with E-state index in [9.17, 15) is 9.90 Å². The molecule has 0 saturated heterocycles. The average Bonchev–Trinajstić information content (AvgIpc) is 2.74. The molecule has 1 fully saturated rings. The average molecular weight is 272 g/mol. The van der Waals surface area contributed by atoms with E-state index in [1.165, 1.54) is 16.7 Å². The zero-order chi connectivity index (χ0) is 13.9. The van der Waals surface area contributed by atoms with E-state index >= 15 is 0 Å². The Morgan fingerprint density at radius 3 is 2.95 bits per heavy atom. The number of ketones is 1. The third kappa shape index (κ3) is 1.57. The van der Waals surface area contributed by atoms with Crippen LogP contribution in [0.4, 0.5) is 0 Å². The lowest BCUT2D eigenvalue weighted by molar-refractivity contribution is -0.114. The second kappa shape index (κ2) is 4.17. The van der Waals surface area contributed by atoms with Gasteiger partial charge in [-0.25, -0.2) is 0 Å². The zero-order valence-corrected chi connectivity index (χ0v) is 12.1. The fourth-order valence-electron chi connectivity index (χ4n) is 4.99. The summed E-state index contributed by atoms with van der Waals surface area (Å²) >= 11 is 0. The summed E-state index contributed by atoms with van der Waals surface area (Å²) in [6, 6.07) is 0. The molecule has 0 aliphatic heterocycles. The number of rotatable bonds is 0. The molecule has 0 aromatic rings. The zero-order valence-electron chi connectivity index (χ0n) is 12.1. The highest BCUT2D eigenvalue weighted by Gasteiger charge is 2.51. The molecule has 4 aliphatic carbocycles. The first-order chi connectivity index (χ1) is 9.59. The Kier molecular flexibility index (Phi) is 2.62. The van der Waals surface area contributed by atoms with E-state index in [0.717, 1.165) is 32.1 Å². The number of carbonyl (C=O) groups excluding carboxylic acids is 1. The van der Waals surface area contributed by atoms with Crippen LogP contribution in [0.1, 0.15) is 45.4 Å². The van der Waals surface area contributed by atoms with Gasteiger partial charge in [0, 0.05) is 11.8 Å². The summed E-state index contributed by atoms with van der Waals surface area (Å²) in [4.78, 5) is 11.6. The molecule has 2 heteroatoms. The highest BCUT2D eigenvalue weighted by Crippen LogP contribution is 2.57. The maximum absolute atomic E-state index is 11.6. The van der Waals surface area contributed by atoms with Crippen LogP contribution in [0, 0.1) is 17.3 Å². The van der Waals surface area contributed by atoms with Gasteiger partial charge < -0.3 is 5.11 Å². The Hall–Kier alpha value is -1.15. The van der Waals surface area contributed by atoms with Crippen LogP contribution in [0.2, 0.25) is 0 Å². The molecule has 1 N–H and O–H groups in total. The Morgan fingerprint density at radius 1 is 1.25 bits per heavy atom. The number of hydrogen-bond acceptors (Lipinski definition) is 2. The standard InChI is InChI=1S/C18H22O2/c1-18-9-8-14-13-5-3-12(19)10-11(13)2-4-15(14)16(18)6-7-17(18)20/h8-10,15-17,20H,2-7H2,1H3/t15-,16+,17-,18+/m1/s1/i10+2. The van der Waals surface area contributed by atoms with Crippen LogP contribution in [0.3, 0.4) is 0 Å². The van der Waals surface area contributed by atoms with E-state index in [0.29, 0.717) is 24.0 Å². The van der Waals surface area contributed by atoms with Crippen molar-refractivity contribution in [2.75, 3.05) is 0 Å². The summed E-state index contributed by atoms with van der Waals surface area (Å²) in [6.45, 7) is 2.23. The van der Waals surface area contributed by atoms with E-state index in [-0.39, 0.29) is 11.5 Å². The van der Waals surface area contributed by atoms with Crippen molar-refractivity contribution in [3.8, 4) is 0 Å². The van der Waals surface area contributed by atoms with Gasteiger partial charge in [-0.1, -0.05) is 19.1 Å². The predicted octanol–water partition coefficient (Wildman–Crippen LogP) is 3.33. The van der Waals surface area contributed by atoms with Gasteiger partial charge in [-0.2, -0.15) is 0 Å². The molecule has 4 rings (SSSR count). The Bertz CT molecular complexity index is 566. The molecule has 106 valence electrons. The Labute approximate surface area is 120 Å². The molecule has 0 radical (unpaired) electrons. The van der Waals surface area contributed by atoms with Crippen molar-refractivity contribution in [2.45, 2.75) is 51.6 Å². The third-order valence-corrected chi connectivity index (χ3v) is 6.19. The van der Waals surface area contributed by atoms with Gasteiger partial charge in [0.05, 0.1) is 6.10 Å². The highest BCUT2D eigenvalue weighted by atomic mass is 16.3. The molecular formula is C18H22O2. The summed E-state index contributed by atoms with van der Waals surface area (Å²) in [5.41, 5.74) is 4.19. The largest absolute Gasteiger partial charge is 0.392 e. The normalized spacial score (nSPS) is 43.0. The lowest BCUT2D eigenvalue weighted by Gasteiger charge is -2.44. The van der Waals surface area contributed by atoms with Crippen LogP contribution < -0.4 is 0 Å². The Morgan fingerprint density at radius 2 is 2.10 bits per heavy atom. The second-order valence-electron chi connectivity index (χ2n) is 7.11. The number of allylic oxidation sites excluding steroid dienone is 5. The number of aliphatic hydroxyl groups excluding tert-OH is 1. The summed E-state index contributed by atoms with van der Waals surface area (Å²) in [6.07, 6.45) is 12.1. The fraction of sp³-hybridized carbons (Fsp3) is 0.611. The van der Waals surface area contributed by atoms with Gasteiger partial charge in [-0.15, -0.1) is 0 Å². The molecule has 1 saturated carbocycles. The number of aliphatic hydroxyl groups is 1. The minimum Gasteiger partial charge on any atom is -0.392 e. The molecule has 0 bridgehead atoms. The maximum Gasteiger partial charge on any atom is 0.156 e. The second-order valence-corrected chi connectivity index (χ2v) is 7.11. The van der Waals surface area contributed by atoms with E-state index < -0.39 is 0 Å². The molecule has 0 heterocycles. The summed E-state index contributed by atoms with van der Waals surface area (Å²) in [7, 11) is 0. The van der Waals surface area contributed by atoms with Gasteiger partial charge >= 0.3 is 0 Å². The van der Waals surface area contributed by atoms with Crippen molar-refractivity contribution in [2.24, 2.45) is 17.3 Å². The SMILES string of the molecule is C[C@]12C=CC3=C4CCC(=O)[14CH]=C4CC[C@H]3[C@@H]1CC[C@H]2O. The predicted molar refractivity (Wildman–Crippen MR) is 78.1 cm³/mol. The summed E-state index contributed by atoms with van der Waals surface area (Å²) < 4.78 is 0. The van der Waals surface area contributed by atoms with Gasteiger partial charge in [-0.05, 0) is 66.7 Å². The van der Waals surface area contributed by atoms with Crippen LogP contribution in [-0.2, 0) is 4.79 Å². The van der Waals surface area contributed by atoms with Crippen molar-refractivity contribution < 1.29 is 9.90 Å². The molecular weight excluding hydrogens is 250 g/mol. The number of hydrogen-bond donors (Lipinski definition) is 1. The quantitative estimate of drug-likeness (QED) is 0.734. The van der Waals surface area contributed by atoms with E-state index in [4.69, 9.17) is 0 Å². The molecule has 0 spiro atoms. The fourth-order valence-corrected chi connectivity index (χ4v) is 4.99. The van der Waals surface area contributed by atoms with Crippen LogP contribution in [-0.4, -0.2) is 17.0 Å². The first kappa shape index (κ1) is 12.6. The lowest BCUT2D eigenvalue weighted by atomic mass is 9.61. The molecule has 4 aliphatic rings. The topological polar surface area (TPSA) is 37.3 Å². The summed E-state index contributed by atoms with van der Waals surface area (Å²) in [5, 5.41) is 10.3. The van der Waals surface area contributed by atoms with Crippen molar-refractivity contribution in [1.82, 2.24) is 0 Å². The van der Waals surface area contributed by atoms with Crippen molar-refractivity contribution in [1.29, 1.82) is 0 Å². The maximum atomic E-state index is 11.6. The minimum absolute atomic E-state index is 0.0274. The summed E-state index contributed by atoms with van der Waals surface area (Å²) in [5.74, 6) is 1.48. The van der Waals surface area contributed by atoms with Crippen molar-refractivity contribution in [3.05, 3.63) is 34.9 Å². The lowest BCUT2D eigenvalue weighted by Crippen LogP contribution is -2.39. The first-order valence-electron chi connectivity index (χ1n) is 7.94. The molecule has 4 atom stereocenters. The minimum atomic E-state index is -0.180. The van der Waals surface area contributed by atoms with Gasteiger partial charge in [0.2, 0.25) is 0 Å². The van der Waals surface area contributed by atoms with Gasteiger partial charge in [0.15, 0.2) is 5.78 Å². The van der Waals surface area contributed by atoms with Crippen molar-refractivity contribution >= 4 is 5.78 Å². The molecule has 0 aromatic carbocycles. The van der Waals surface area contributed by atoms with E-state index in [2.05, 4.69) is 19.1 Å². The molecule has 0 amide bonds. The van der Waals surface area contributed by atoms with Crippen molar-refractivity contribution in [3.63, 3.8) is 0 Å². The third-order valence-electron chi connectivity index (χ3n) is 6.19. The van der Waals surface area contributed by atoms with Gasteiger partial charge in [0.25, 0.3) is 0 Å². The number of fused-ring (bicyclic) bond motifs is 4. The molecule has 2 nitrogen and oxygen atoms in total. The molecule has 20 heavy (non-hydrogen) atoms. The van der Waals surface area contributed by atoms with Gasteiger partial charge in [0.1, 0.15) is 0 Å². The van der Waals surface area contributed by atoms with Gasteiger partial charge in [-0.3, -0.25) is 4.79 Å². The van der Waals surface area contributed by atoms with Crippen LogP contribution >= 0.6 is 0 Å². The highest BCUT2D eigenvalue weighted by molar-refractivity contribution is 5.93. The van der Waals surface area contributed by atoms with E-state index in [1.54, 1.807) is 0 Å². The molecule has 0 unspecified atom stereocenters. The Balaban J connectivity index is 1.82. The number of carbonyl (C=O) groups is 1. The van der Waals surface area contributed by atoms with Crippen LogP contribution in [0.5, 0.6) is 0 Å². The monoisotopic (exact) mass is 272 g/mol. The first-order valence-corrected chi connectivity index (χ1v) is 7.94. The van der Waals surface area contributed by atoms with E-state index in [1.807, 2.05) is 6.08 Å². The smallest absolute Gasteiger partial charge is 0.156 e. The van der Waals surface area contributed by atoms with Crippen LogP contribution in [0.25, 0.3) is 0 Å². The molecule has 0 aromatic heterocycles. The van der Waals surface area contributed by atoms with Crippen LogP contribution in [0.15, 0.2) is 34.9 Å².